The van der Waals surface area contributed by atoms with Gasteiger partial charge in [-0.25, -0.2) is 0 Å². The number of aliphatic hydroxyl groups is 2. The van der Waals surface area contributed by atoms with Gasteiger partial charge in [0, 0.05) is 9.49 Å². The zero-order chi connectivity index (χ0) is 11.6. The largest absolute Gasteiger partial charge is 0.392 e. The molecule has 2 nitrogen and oxygen atoms in total. The van der Waals surface area contributed by atoms with Crippen molar-refractivity contribution in [2.24, 2.45) is 0 Å². The molecule has 0 aliphatic carbocycles. The van der Waals surface area contributed by atoms with Crippen molar-refractivity contribution in [1.29, 1.82) is 0 Å². The highest BCUT2D eigenvalue weighted by Crippen LogP contribution is 2.46. The SMILES string of the molecule is CC(O)C(C)(C)SSC(C)(C)C(C)O. The minimum atomic E-state index is -0.357. The van der Waals surface area contributed by atoms with Crippen molar-refractivity contribution in [1.82, 2.24) is 0 Å². The van der Waals surface area contributed by atoms with Crippen LogP contribution in [0.5, 0.6) is 0 Å². The fourth-order valence-corrected chi connectivity index (χ4v) is 3.19. The first-order chi connectivity index (χ1) is 6.09. The molecule has 0 amide bonds. The smallest absolute Gasteiger partial charge is 0.0661 e. The Balaban J connectivity index is 4.18. The van der Waals surface area contributed by atoms with Crippen LogP contribution in [-0.4, -0.2) is 31.9 Å². The molecule has 0 aliphatic heterocycles. The molecule has 0 saturated heterocycles. The third-order valence-electron chi connectivity index (χ3n) is 2.48. The van der Waals surface area contributed by atoms with Crippen LogP contribution in [0.2, 0.25) is 0 Å². The molecule has 0 aromatic rings. The molecule has 14 heavy (non-hydrogen) atoms. The summed E-state index contributed by atoms with van der Waals surface area (Å²) in [6.45, 7) is 11.6. The normalized spacial score (nSPS) is 18.0. The summed E-state index contributed by atoms with van der Waals surface area (Å²) < 4.78 is -0.367. The van der Waals surface area contributed by atoms with Crippen LogP contribution in [0.15, 0.2) is 0 Å². The van der Waals surface area contributed by atoms with E-state index in [1.807, 2.05) is 27.7 Å². The molecule has 0 saturated carbocycles. The van der Waals surface area contributed by atoms with Gasteiger partial charge < -0.3 is 10.2 Å². The third-order valence-corrected chi connectivity index (χ3v) is 6.94. The standard InChI is InChI=1S/C10H22O2S2/c1-7(11)9(3,4)13-14-10(5,6)8(2)12/h7-8,11-12H,1-6H3. The molecule has 0 spiro atoms. The summed E-state index contributed by atoms with van der Waals surface area (Å²) in [6, 6.07) is 0. The van der Waals surface area contributed by atoms with Crippen molar-refractivity contribution >= 4 is 21.6 Å². The van der Waals surface area contributed by atoms with Crippen molar-refractivity contribution in [2.45, 2.75) is 63.2 Å². The molecule has 0 fully saturated rings. The second-order valence-corrected chi connectivity index (χ2v) is 8.16. The molecule has 0 aliphatic rings. The Hall–Kier alpha value is 0.620. The van der Waals surface area contributed by atoms with Crippen molar-refractivity contribution in [2.75, 3.05) is 0 Å². The summed E-state index contributed by atoms with van der Waals surface area (Å²) in [5, 5.41) is 19.0. The Morgan fingerprint density at radius 1 is 0.786 bits per heavy atom. The molecule has 0 rings (SSSR count). The predicted octanol–water partition coefficient (Wildman–Crippen LogP) is 2.69. The van der Waals surface area contributed by atoms with Crippen LogP contribution < -0.4 is 0 Å². The molecule has 0 heterocycles. The summed E-state index contributed by atoms with van der Waals surface area (Å²) in [4.78, 5) is 0. The van der Waals surface area contributed by atoms with E-state index in [9.17, 15) is 10.2 Å². The van der Waals surface area contributed by atoms with Crippen LogP contribution in [0, 0.1) is 0 Å². The minimum absolute atomic E-state index is 0.184. The molecule has 2 unspecified atom stereocenters. The lowest BCUT2D eigenvalue weighted by Crippen LogP contribution is -2.33. The highest BCUT2D eigenvalue weighted by molar-refractivity contribution is 8.77. The van der Waals surface area contributed by atoms with Crippen molar-refractivity contribution in [3.05, 3.63) is 0 Å². The van der Waals surface area contributed by atoms with E-state index >= 15 is 0 Å². The topological polar surface area (TPSA) is 40.5 Å². The minimum Gasteiger partial charge on any atom is -0.392 e. The first-order valence-electron chi connectivity index (χ1n) is 4.82. The van der Waals surface area contributed by atoms with Crippen LogP contribution in [0.3, 0.4) is 0 Å². The van der Waals surface area contributed by atoms with Gasteiger partial charge in [0.25, 0.3) is 0 Å². The van der Waals surface area contributed by atoms with E-state index in [1.54, 1.807) is 35.4 Å². The summed E-state index contributed by atoms with van der Waals surface area (Å²) in [5.41, 5.74) is 0. The lowest BCUT2D eigenvalue weighted by Gasteiger charge is -2.33. The summed E-state index contributed by atoms with van der Waals surface area (Å²) in [6.07, 6.45) is -0.713. The van der Waals surface area contributed by atoms with Gasteiger partial charge in [-0.15, -0.1) is 0 Å². The zero-order valence-corrected chi connectivity index (χ0v) is 11.5. The highest BCUT2D eigenvalue weighted by Gasteiger charge is 2.32. The molecular formula is C10H22O2S2. The van der Waals surface area contributed by atoms with E-state index in [-0.39, 0.29) is 21.7 Å². The van der Waals surface area contributed by atoms with E-state index in [2.05, 4.69) is 0 Å². The molecule has 0 radical (unpaired) electrons. The Morgan fingerprint density at radius 3 is 1.14 bits per heavy atom. The van der Waals surface area contributed by atoms with Crippen molar-refractivity contribution in [3.63, 3.8) is 0 Å². The first-order valence-corrected chi connectivity index (χ1v) is 6.97. The molecule has 0 aromatic heterocycles. The average Bonchev–Trinajstić information content (AvgIpc) is 2.01. The maximum absolute atomic E-state index is 9.52. The van der Waals surface area contributed by atoms with E-state index < -0.39 is 0 Å². The first kappa shape index (κ1) is 14.6. The van der Waals surface area contributed by atoms with E-state index in [0.29, 0.717) is 0 Å². The molecule has 0 aromatic carbocycles. The van der Waals surface area contributed by atoms with Crippen molar-refractivity contribution in [3.8, 4) is 0 Å². The quantitative estimate of drug-likeness (QED) is 0.723. The number of hydrogen-bond donors (Lipinski definition) is 2. The van der Waals surface area contributed by atoms with Gasteiger partial charge in [0.15, 0.2) is 0 Å². The molecular weight excluding hydrogens is 216 g/mol. The number of rotatable bonds is 5. The summed E-state index contributed by atoms with van der Waals surface area (Å²) >= 11 is 0. The molecule has 2 N–H and O–H groups in total. The fraction of sp³-hybridized carbons (Fsp3) is 1.00. The van der Waals surface area contributed by atoms with Gasteiger partial charge in [0.05, 0.1) is 12.2 Å². The Bertz CT molecular complexity index is 157. The monoisotopic (exact) mass is 238 g/mol. The fourth-order valence-electron chi connectivity index (χ4n) is 0.354. The third kappa shape index (κ3) is 4.43. The van der Waals surface area contributed by atoms with Crippen LogP contribution >= 0.6 is 21.6 Å². The number of aliphatic hydroxyl groups excluding tert-OH is 2. The second kappa shape index (κ2) is 5.10. The zero-order valence-electron chi connectivity index (χ0n) is 9.87. The van der Waals surface area contributed by atoms with Gasteiger partial charge in [0.2, 0.25) is 0 Å². The summed E-state index contributed by atoms with van der Waals surface area (Å²) in [7, 11) is 3.26. The van der Waals surface area contributed by atoms with Gasteiger partial charge in [-0.2, -0.15) is 0 Å². The number of hydrogen-bond acceptors (Lipinski definition) is 4. The van der Waals surface area contributed by atoms with E-state index in [0.717, 1.165) is 0 Å². The molecule has 0 bridgehead atoms. The lowest BCUT2D eigenvalue weighted by atomic mass is 10.1. The van der Waals surface area contributed by atoms with Gasteiger partial charge >= 0.3 is 0 Å². The van der Waals surface area contributed by atoms with Crippen LogP contribution in [0.4, 0.5) is 0 Å². The van der Waals surface area contributed by atoms with Crippen molar-refractivity contribution < 1.29 is 10.2 Å². The van der Waals surface area contributed by atoms with Crippen LogP contribution in [0.1, 0.15) is 41.5 Å². The second-order valence-electron chi connectivity index (χ2n) is 4.73. The highest BCUT2D eigenvalue weighted by atomic mass is 33.1. The average molecular weight is 238 g/mol. The van der Waals surface area contributed by atoms with Crippen LogP contribution in [-0.2, 0) is 0 Å². The van der Waals surface area contributed by atoms with Crippen LogP contribution in [0.25, 0.3) is 0 Å². The van der Waals surface area contributed by atoms with E-state index in [4.69, 9.17) is 0 Å². The van der Waals surface area contributed by atoms with Gasteiger partial charge in [-0.05, 0) is 41.5 Å². The summed E-state index contributed by atoms with van der Waals surface area (Å²) in [5.74, 6) is 0. The van der Waals surface area contributed by atoms with Gasteiger partial charge in [-0.3, -0.25) is 0 Å². The van der Waals surface area contributed by atoms with E-state index in [1.165, 1.54) is 0 Å². The van der Waals surface area contributed by atoms with Gasteiger partial charge in [0.1, 0.15) is 0 Å². The predicted molar refractivity (Wildman–Crippen MR) is 66.7 cm³/mol. The maximum atomic E-state index is 9.52. The Kier molecular flexibility index (Phi) is 5.33. The Labute approximate surface area is 95.3 Å². The maximum Gasteiger partial charge on any atom is 0.0661 e. The lowest BCUT2D eigenvalue weighted by molar-refractivity contribution is 0.160. The Morgan fingerprint density at radius 2 is 1.00 bits per heavy atom. The molecule has 2 atom stereocenters. The molecule has 4 heteroatoms. The van der Waals surface area contributed by atoms with Gasteiger partial charge in [-0.1, -0.05) is 21.6 Å². The molecule has 86 valence electrons.